The topological polar surface area (TPSA) is 83.5 Å². The molecule has 2 rings (SSSR count). The largest absolute Gasteiger partial charge is 0.478 e. The third-order valence-corrected chi connectivity index (χ3v) is 6.07. The second kappa shape index (κ2) is 6.33. The van der Waals surface area contributed by atoms with Crippen LogP contribution in [0, 0.1) is 12.7 Å². The van der Waals surface area contributed by atoms with Crippen LogP contribution >= 0.6 is 11.8 Å². The lowest BCUT2D eigenvalue weighted by molar-refractivity contribution is 0.0696. The van der Waals surface area contributed by atoms with E-state index in [1.54, 1.807) is 11.8 Å². The van der Waals surface area contributed by atoms with Gasteiger partial charge in [0.1, 0.15) is 5.82 Å². The van der Waals surface area contributed by atoms with Crippen LogP contribution in [0.2, 0.25) is 0 Å². The molecule has 0 radical (unpaired) electrons. The van der Waals surface area contributed by atoms with Gasteiger partial charge in [-0.25, -0.2) is 22.3 Å². The van der Waals surface area contributed by atoms with Crippen LogP contribution in [0.25, 0.3) is 0 Å². The summed E-state index contributed by atoms with van der Waals surface area (Å²) >= 11 is 1.76. The molecule has 1 aliphatic heterocycles. The third kappa shape index (κ3) is 3.75. The van der Waals surface area contributed by atoms with Gasteiger partial charge in [0.25, 0.3) is 0 Å². The summed E-state index contributed by atoms with van der Waals surface area (Å²) in [5, 5.41) is 8.93. The van der Waals surface area contributed by atoms with Crippen molar-refractivity contribution in [3.05, 3.63) is 29.1 Å². The molecule has 5 nitrogen and oxygen atoms in total. The molecule has 0 aliphatic carbocycles. The van der Waals surface area contributed by atoms with Crippen molar-refractivity contribution in [2.45, 2.75) is 30.7 Å². The highest BCUT2D eigenvalue weighted by molar-refractivity contribution is 7.99. The molecular formula is C13H16FNO4S2. The Hall–Kier alpha value is -1.12. The monoisotopic (exact) mass is 333 g/mol. The summed E-state index contributed by atoms with van der Waals surface area (Å²) < 4.78 is 41.0. The van der Waals surface area contributed by atoms with E-state index in [4.69, 9.17) is 5.11 Å². The number of halogens is 1. The zero-order chi connectivity index (χ0) is 15.6. The maximum Gasteiger partial charge on any atom is 0.335 e. The molecular weight excluding hydrogens is 317 g/mol. The first-order valence-corrected chi connectivity index (χ1v) is 9.08. The lowest BCUT2D eigenvalue weighted by Crippen LogP contribution is -2.37. The van der Waals surface area contributed by atoms with Gasteiger partial charge in [0.05, 0.1) is 10.5 Å². The first-order valence-electron chi connectivity index (χ1n) is 6.45. The average molecular weight is 333 g/mol. The maximum atomic E-state index is 13.8. The van der Waals surface area contributed by atoms with E-state index in [0.717, 1.165) is 23.6 Å². The number of carboxylic acids is 1. The second-order valence-corrected chi connectivity index (χ2v) is 7.80. The minimum absolute atomic E-state index is 0.0716. The van der Waals surface area contributed by atoms with Crippen LogP contribution in [0.4, 0.5) is 4.39 Å². The lowest BCUT2D eigenvalue weighted by atomic mass is 10.1. The first-order chi connectivity index (χ1) is 9.81. The van der Waals surface area contributed by atoms with E-state index in [-0.39, 0.29) is 22.1 Å². The van der Waals surface area contributed by atoms with Crippen LogP contribution in [0.1, 0.15) is 28.8 Å². The molecule has 2 N–H and O–H groups in total. The SMILES string of the molecule is Cc1c(F)cc(C(=O)O)cc1S(=O)(=O)NC1CCSCC1. The molecule has 0 unspecified atom stereocenters. The molecule has 0 bridgehead atoms. The highest BCUT2D eigenvalue weighted by atomic mass is 32.2. The molecule has 1 fully saturated rings. The van der Waals surface area contributed by atoms with E-state index in [1.165, 1.54) is 6.92 Å². The normalized spacial score (nSPS) is 16.9. The molecule has 8 heteroatoms. The number of hydrogen-bond acceptors (Lipinski definition) is 4. The maximum absolute atomic E-state index is 13.8. The highest BCUT2D eigenvalue weighted by Crippen LogP contribution is 2.23. The van der Waals surface area contributed by atoms with Crippen LogP contribution in [-0.4, -0.2) is 37.0 Å². The van der Waals surface area contributed by atoms with Gasteiger partial charge in [-0.15, -0.1) is 0 Å². The molecule has 1 aromatic carbocycles. The van der Waals surface area contributed by atoms with Crippen LogP contribution in [-0.2, 0) is 10.0 Å². The number of hydrogen-bond donors (Lipinski definition) is 2. The Morgan fingerprint density at radius 3 is 2.57 bits per heavy atom. The smallest absolute Gasteiger partial charge is 0.335 e. The summed E-state index contributed by atoms with van der Waals surface area (Å²) in [7, 11) is -3.93. The number of aromatic carboxylic acids is 1. The number of rotatable bonds is 4. The Bertz CT molecular complexity index is 654. The zero-order valence-electron chi connectivity index (χ0n) is 11.4. The quantitative estimate of drug-likeness (QED) is 0.880. The van der Waals surface area contributed by atoms with Crippen molar-refractivity contribution in [2.75, 3.05) is 11.5 Å². The van der Waals surface area contributed by atoms with E-state index in [9.17, 15) is 17.6 Å². The van der Waals surface area contributed by atoms with Crippen LogP contribution in [0.5, 0.6) is 0 Å². The summed E-state index contributed by atoms with van der Waals surface area (Å²) in [6, 6.07) is 1.64. The van der Waals surface area contributed by atoms with E-state index < -0.39 is 21.8 Å². The van der Waals surface area contributed by atoms with Gasteiger partial charge in [-0.05, 0) is 43.4 Å². The summed E-state index contributed by atoms with van der Waals surface area (Å²) in [6.45, 7) is 1.33. The molecule has 116 valence electrons. The summed E-state index contributed by atoms with van der Waals surface area (Å²) in [6.07, 6.45) is 1.42. The predicted molar refractivity (Wildman–Crippen MR) is 78.8 cm³/mol. The highest BCUT2D eigenvalue weighted by Gasteiger charge is 2.26. The van der Waals surface area contributed by atoms with Crippen molar-refractivity contribution in [2.24, 2.45) is 0 Å². The number of benzene rings is 1. The number of nitrogens with one attached hydrogen (secondary N) is 1. The number of sulfonamides is 1. The Kier molecular flexibility index (Phi) is 4.90. The van der Waals surface area contributed by atoms with E-state index >= 15 is 0 Å². The van der Waals surface area contributed by atoms with Gasteiger partial charge in [0, 0.05) is 11.6 Å². The zero-order valence-corrected chi connectivity index (χ0v) is 13.1. The Balaban J connectivity index is 2.36. The molecule has 1 aliphatic rings. The molecule has 1 aromatic rings. The van der Waals surface area contributed by atoms with Crippen molar-refractivity contribution < 1.29 is 22.7 Å². The first kappa shape index (κ1) is 16.3. The molecule has 0 aromatic heterocycles. The fourth-order valence-corrected chi connectivity index (χ4v) is 4.85. The standard InChI is InChI=1S/C13H16FNO4S2/c1-8-11(14)6-9(13(16)17)7-12(8)21(18,19)15-10-2-4-20-5-3-10/h6-7,10,15H,2-5H2,1H3,(H,16,17). The second-order valence-electron chi connectivity index (χ2n) is 4.89. The van der Waals surface area contributed by atoms with E-state index in [1.807, 2.05) is 0 Å². The van der Waals surface area contributed by atoms with Crippen LogP contribution < -0.4 is 4.72 Å². The van der Waals surface area contributed by atoms with Crippen molar-refractivity contribution in [1.82, 2.24) is 4.72 Å². The molecule has 21 heavy (non-hydrogen) atoms. The Morgan fingerprint density at radius 1 is 1.38 bits per heavy atom. The van der Waals surface area contributed by atoms with Gasteiger partial charge < -0.3 is 5.11 Å². The lowest BCUT2D eigenvalue weighted by Gasteiger charge is -2.23. The fraction of sp³-hybridized carbons (Fsp3) is 0.462. The van der Waals surface area contributed by atoms with Crippen molar-refractivity contribution in [3.8, 4) is 0 Å². The minimum atomic E-state index is -3.93. The Morgan fingerprint density at radius 2 is 2.00 bits per heavy atom. The molecule has 0 atom stereocenters. The van der Waals surface area contributed by atoms with Crippen LogP contribution in [0.3, 0.4) is 0 Å². The van der Waals surface area contributed by atoms with Gasteiger partial charge >= 0.3 is 5.97 Å². The van der Waals surface area contributed by atoms with Gasteiger partial charge in [-0.3, -0.25) is 0 Å². The number of carbonyl (C=O) groups is 1. The summed E-state index contributed by atoms with van der Waals surface area (Å²) in [4.78, 5) is 10.6. The van der Waals surface area contributed by atoms with E-state index in [2.05, 4.69) is 4.72 Å². The number of thioether (sulfide) groups is 1. The molecule has 0 spiro atoms. The summed E-state index contributed by atoms with van der Waals surface area (Å²) in [5.41, 5.74) is -0.449. The fourth-order valence-electron chi connectivity index (χ4n) is 2.15. The van der Waals surface area contributed by atoms with E-state index in [0.29, 0.717) is 12.8 Å². The van der Waals surface area contributed by atoms with Gasteiger partial charge in [-0.2, -0.15) is 11.8 Å². The van der Waals surface area contributed by atoms with Gasteiger partial charge in [0.2, 0.25) is 10.0 Å². The average Bonchev–Trinajstić information content (AvgIpc) is 2.41. The molecule has 1 heterocycles. The van der Waals surface area contributed by atoms with Gasteiger partial charge in [0.15, 0.2) is 0 Å². The van der Waals surface area contributed by atoms with Crippen molar-refractivity contribution in [3.63, 3.8) is 0 Å². The van der Waals surface area contributed by atoms with Crippen molar-refractivity contribution in [1.29, 1.82) is 0 Å². The molecule has 0 amide bonds. The summed E-state index contributed by atoms with van der Waals surface area (Å²) in [5.74, 6) is -0.459. The molecule has 0 saturated carbocycles. The minimum Gasteiger partial charge on any atom is -0.478 e. The van der Waals surface area contributed by atoms with Gasteiger partial charge in [-0.1, -0.05) is 0 Å². The molecule has 1 saturated heterocycles. The third-order valence-electron chi connectivity index (χ3n) is 3.38. The number of carboxylic acid groups (broad SMARTS) is 1. The van der Waals surface area contributed by atoms with Crippen LogP contribution in [0.15, 0.2) is 17.0 Å². The Labute approximate surface area is 127 Å². The van der Waals surface area contributed by atoms with Crippen molar-refractivity contribution >= 4 is 27.8 Å². The predicted octanol–water partition coefficient (Wildman–Crippen LogP) is 2.01.